The van der Waals surface area contributed by atoms with Gasteiger partial charge in [0.2, 0.25) is 5.91 Å². The van der Waals surface area contributed by atoms with Gasteiger partial charge in [-0.25, -0.2) is 13.2 Å². The number of nitrogens with two attached hydrogens (primary N) is 1. The molecule has 182 valence electrons. The van der Waals surface area contributed by atoms with Crippen LogP contribution in [0.5, 0.6) is 0 Å². The summed E-state index contributed by atoms with van der Waals surface area (Å²) in [5.74, 6) is -5.15. The molecule has 1 aliphatic rings. The van der Waals surface area contributed by atoms with E-state index in [9.17, 15) is 22.8 Å². The highest BCUT2D eigenvalue weighted by molar-refractivity contribution is 6.55. The molecule has 35 heavy (non-hydrogen) atoms. The van der Waals surface area contributed by atoms with Crippen LogP contribution in [0.2, 0.25) is 10.0 Å². The van der Waals surface area contributed by atoms with Crippen LogP contribution in [0.25, 0.3) is 0 Å². The third-order valence-corrected chi connectivity index (χ3v) is 7.86. The first kappa shape index (κ1) is 25.6. The predicted octanol–water partition coefficient (Wildman–Crippen LogP) is 6.67. The second kappa shape index (κ2) is 8.89. The Morgan fingerprint density at radius 3 is 2.26 bits per heavy atom. The second-order valence-electron chi connectivity index (χ2n) is 8.13. The Hall–Kier alpha value is -2.45. The fourth-order valence-electron chi connectivity index (χ4n) is 4.31. The number of amides is 2. The van der Waals surface area contributed by atoms with E-state index < -0.39 is 44.9 Å². The summed E-state index contributed by atoms with van der Waals surface area (Å²) < 4.78 is 39.2. The lowest BCUT2D eigenvalue weighted by atomic mass is 9.87. The van der Waals surface area contributed by atoms with E-state index in [0.29, 0.717) is 17.2 Å². The van der Waals surface area contributed by atoms with Crippen LogP contribution in [0.4, 0.5) is 18.9 Å². The molecule has 0 heterocycles. The van der Waals surface area contributed by atoms with Crippen molar-refractivity contribution in [2.45, 2.75) is 22.6 Å². The van der Waals surface area contributed by atoms with Crippen molar-refractivity contribution < 1.29 is 22.8 Å². The van der Waals surface area contributed by atoms with Crippen molar-refractivity contribution in [3.63, 3.8) is 0 Å². The maximum absolute atomic E-state index is 14.1. The average Bonchev–Trinajstić information content (AvgIpc) is 3.31. The normalized spacial score (nSPS) is 20.4. The van der Waals surface area contributed by atoms with E-state index in [4.69, 9.17) is 52.1 Å². The number of aryl methyl sites for hydroxylation is 1. The molecule has 3 aromatic carbocycles. The Labute approximate surface area is 218 Å². The van der Waals surface area contributed by atoms with E-state index in [1.54, 1.807) is 6.92 Å². The molecule has 1 fully saturated rings. The van der Waals surface area contributed by atoms with E-state index in [2.05, 4.69) is 5.32 Å². The summed E-state index contributed by atoms with van der Waals surface area (Å²) in [4.78, 5) is 25.8. The van der Waals surface area contributed by atoms with E-state index in [1.807, 2.05) is 0 Å². The molecule has 1 aliphatic carbocycles. The monoisotopic (exact) mass is 560 g/mol. The highest BCUT2D eigenvalue weighted by Crippen LogP contribution is 2.74. The van der Waals surface area contributed by atoms with E-state index in [1.165, 1.54) is 24.3 Å². The molecule has 1 saturated carbocycles. The van der Waals surface area contributed by atoms with Crippen LogP contribution in [-0.2, 0) is 10.2 Å². The Kier molecular flexibility index (Phi) is 6.51. The number of benzene rings is 3. The topological polar surface area (TPSA) is 72.2 Å². The van der Waals surface area contributed by atoms with Crippen molar-refractivity contribution in [3.05, 3.63) is 98.3 Å². The SMILES string of the molecule is Cc1cc(C2(C(N)=O)C(c3ccc(F)c(Cl)c3)C2(Cl)Cl)cc(C(=O)Nc2ccc(F)cc2F)c1Cl. The first-order chi connectivity index (χ1) is 16.3. The summed E-state index contributed by atoms with van der Waals surface area (Å²) >= 11 is 25.4. The zero-order chi connectivity index (χ0) is 25.9. The summed E-state index contributed by atoms with van der Waals surface area (Å²) in [6.45, 7) is 1.58. The Balaban J connectivity index is 1.82. The molecule has 3 N–H and O–H groups in total. The van der Waals surface area contributed by atoms with Gasteiger partial charge in [0.15, 0.2) is 0 Å². The molecule has 2 unspecified atom stereocenters. The van der Waals surface area contributed by atoms with Gasteiger partial charge >= 0.3 is 0 Å². The summed E-state index contributed by atoms with van der Waals surface area (Å²) in [7, 11) is 0. The third kappa shape index (κ3) is 4.04. The van der Waals surface area contributed by atoms with Gasteiger partial charge in [0.25, 0.3) is 5.91 Å². The van der Waals surface area contributed by atoms with E-state index in [0.717, 1.165) is 18.2 Å². The lowest BCUT2D eigenvalue weighted by Gasteiger charge is -2.19. The summed E-state index contributed by atoms with van der Waals surface area (Å²) in [6.07, 6.45) is 0. The molecule has 0 saturated heterocycles. The number of anilines is 1. The van der Waals surface area contributed by atoms with Crippen molar-refractivity contribution in [2.75, 3.05) is 5.32 Å². The molecule has 0 radical (unpaired) electrons. The van der Waals surface area contributed by atoms with Gasteiger partial charge in [0.1, 0.15) is 27.2 Å². The predicted molar refractivity (Wildman–Crippen MR) is 130 cm³/mol. The number of primary amides is 1. The minimum atomic E-state index is -1.77. The molecule has 0 aliphatic heterocycles. The average molecular weight is 562 g/mol. The van der Waals surface area contributed by atoms with Gasteiger partial charge in [-0.2, -0.15) is 0 Å². The van der Waals surface area contributed by atoms with Gasteiger partial charge in [-0.15, -0.1) is 0 Å². The van der Waals surface area contributed by atoms with Crippen LogP contribution in [-0.4, -0.2) is 16.1 Å². The van der Waals surface area contributed by atoms with Gasteiger partial charge in [0.05, 0.1) is 21.3 Å². The van der Waals surface area contributed by atoms with Crippen molar-refractivity contribution in [3.8, 4) is 0 Å². The molecule has 3 aromatic rings. The van der Waals surface area contributed by atoms with E-state index in [-0.39, 0.29) is 26.9 Å². The molecule has 4 nitrogen and oxygen atoms in total. The highest BCUT2D eigenvalue weighted by Gasteiger charge is 2.80. The maximum atomic E-state index is 14.1. The minimum absolute atomic E-state index is 0.0187. The Bertz CT molecular complexity index is 1400. The Morgan fingerprint density at radius 2 is 1.66 bits per heavy atom. The van der Waals surface area contributed by atoms with Crippen LogP contribution >= 0.6 is 46.4 Å². The molecule has 2 atom stereocenters. The number of carbonyl (C=O) groups is 2. The smallest absolute Gasteiger partial charge is 0.257 e. The highest BCUT2D eigenvalue weighted by atomic mass is 35.5. The molecule has 11 heteroatoms. The number of carbonyl (C=O) groups excluding carboxylic acids is 2. The van der Waals surface area contributed by atoms with Crippen LogP contribution in [0.15, 0.2) is 48.5 Å². The molecule has 4 rings (SSSR count). The van der Waals surface area contributed by atoms with Crippen molar-refractivity contribution in [1.82, 2.24) is 0 Å². The molecule has 0 bridgehead atoms. The van der Waals surface area contributed by atoms with Crippen LogP contribution in [0.3, 0.4) is 0 Å². The number of rotatable bonds is 5. The van der Waals surface area contributed by atoms with Gasteiger partial charge < -0.3 is 11.1 Å². The Morgan fingerprint density at radius 1 is 0.971 bits per heavy atom. The van der Waals surface area contributed by atoms with Gasteiger partial charge in [-0.1, -0.05) is 58.5 Å². The fourth-order valence-corrected chi connectivity index (χ4v) is 5.78. The number of hydrogen-bond donors (Lipinski definition) is 2. The lowest BCUT2D eigenvalue weighted by Crippen LogP contribution is -2.34. The van der Waals surface area contributed by atoms with Crippen molar-refractivity contribution >= 4 is 63.9 Å². The third-order valence-electron chi connectivity index (χ3n) is 6.04. The molecule has 0 aromatic heterocycles. The standard InChI is InChI=1S/C24H15Cl4F3N2O2/c1-10-6-12(8-14(19(10)26)21(34)33-18-5-3-13(29)9-17(18)31)23(22(32)35)20(24(23,27)28)11-2-4-16(30)15(25)7-11/h2-9,20H,1H3,(H2,32,35)(H,33,34). The van der Waals surface area contributed by atoms with Crippen LogP contribution < -0.4 is 11.1 Å². The number of hydrogen-bond acceptors (Lipinski definition) is 2. The zero-order valence-corrected chi connectivity index (χ0v) is 20.8. The quantitative estimate of drug-likeness (QED) is 0.342. The van der Waals surface area contributed by atoms with Gasteiger partial charge in [-0.05, 0) is 53.9 Å². The summed E-state index contributed by atoms with van der Waals surface area (Å²) in [5.41, 5.74) is 4.55. The van der Waals surface area contributed by atoms with Gasteiger partial charge in [0, 0.05) is 12.0 Å². The first-order valence-corrected chi connectivity index (χ1v) is 11.5. The molecule has 2 amide bonds. The van der Waals surface area contributed by atoms with Crippen molar-refractivity contribution in [2.24, 2.45) is 5.73 Å². The number of halogens is 7. The number of nitrogens with one attached hydrogen (secondary N) is 1. The molecule has 0 spiro atoms. The number of alkyl halides is 2. The van der Waals surface area contributed by atoms with Crippen LogP contribution in [0.1, 0.15) is 33.0 Å². The first-order valence-electron chi connectivity index (χ1n) is 10.0. The molecular weight excluding hydrogens is 547 g/mol. The van der Waals surface area contributed by atoms with Crippen molar-refractivity contribution in [1.29, 1.82) is 0 Å². The van der Waals surface area contributed by atoms with Crippen LogP contribution in [0, 0.1) is 24.4 Å². The zero-order valence-electron chi connectivity index (χ0n) is 17.7. The summed E-state index contributed by atoms with van der Waals surface area (Å²) in [6, 6.07) is 9.20. The summed E-state index contributed by atoms with van der Waals surface area (Å²) in [5, 5.41) is 2.14. The maximum Gasteiger partial charge on any atom is 0.257 e. The fraction of sp³-hybridized carbons (Fsp3) is 0.167. The lowest BCUT2D eigenvalue weighted by molar-refractivity contribution is -0.120. The van der Waals surface area contributed by atoms with E-state index >= 15 is 0 Å². The largest absolute Gasteiger partial charge is 0.369 e. The molecular formula is C24H15Cl4F3N2O2. The van der Waals surface area contributed by atoms with Gasteiger partial charge in [-0.3, -0.25) is 9.59 Å². The minimum Gasteiger partial charge on any atom is -0.369 e. The second-order valence-corrected chi connectivity index (χ2v) is 10.3.